The molecule has 0 atom stereocenters. The second kappa shape index (κ2) is 6.17. The average Bonchev–Trinajstić information content (AvgIpc) is 2.35. The van der Waals surface area contributed by atoms with Gasteiger partial charge in [0.2, 0.25) is 5.88 Å². The van der Waals surface area contributed by atoms with Crippen LogP contribution in [0.4, 0.5) is 5.82 Å². The van der Waals surface area contributed by atoms with Crippen molar-refractivity contribution in [2.75, 3.05) is 12.0 Å². The lowest BCUT2D eigenvalue weighted by Gasteiger charge is -2.09. The molecule has 1 aromatic heterocycles. The molecule has 2 rings (SSSR count). The maximum absolute atomic E-state index is 6.07. The lowest BCUT2D eigenvalue weighted by atomic mass is 10.3. The summed E-state index contributed by atoms with van der Waals surface area (Å²) < 4.78 is 6.28. The van der Waals surface area contributed by atoms with E-state index in [0.29, 0.717) is 37.1 Å². The molecule has 0 aliphatic rings. The third kappa shape index (κ3) is 3.66. The predicted octanol–water partition coefficient (Wildman–Crippen LogP) is 4.64. The van der Waals surface area contributed by atoms with Gasteiger partial charge in [-0.2, -0.15) is 4.98 Å². The first-order valence-electron chi connectivity index (χ1n) is 5.00. The third-order valence-corrected chi connectivity index (χ3v) is 4.11. The minimum Gasteiger partial charge on any atom is -0.437 e. The Morgan fingerprint density at radius 3 is 2.63 bits per heavy atom. The number of hydrogen-bond acceptors (Lipinski definition) is 5. The molecule has 100 valence electrons. The fraction of sp³-hybridized carbons (Fsp3) is 0.0909. The fourth-order valence-electron chi connectivity index (χ4n) is 1.26. The molecule has 0 saturated heterocycles. The standard InChI is InChI=1S/C11H8BrCl2N3OS/c1-19-11-16-9(15)4-10(17-11)18-8-3-6(13)5(12)2-7(8)14/h2-4H,1H3,(H2,15,16,17). The Labute approximate surface area is 132 Å². The monoisotopic (exact) mass is 379 g/mol. The topological polar surface area (TPSA) is 61.0 Å². The highest BCUT2D eigenvalue weighted by Gasteiger charge is 2.10. The number of rotatable bonds is 3. The molecule has 1 heterocycles. The molecule has 1 aromatic carbocycles. The van der Waals surface area contributed by atoms with E-state index in [-0.39, 0.29) is 0 Å². The maximum atomic E-state index is 6.07. The number of ether oxygens (including phenoxy) is 1. The molecule has 0 aliphatic carbocycles. The van der Waals surface area contributed by atoms with Crippen LogP contribution in [0.3, 0.4) is 0 Å². The predicted molar refractivity (Wildman–Crippen MR) is 82.5 cm³/mol. The summed E-state index contributed by atoms with van der Waals surface area (Å²) in [6, 6.07) is 4.77. The van der Waals surface area contributed by atoms with E-state index in [4.69, 9.17) is 33.7 Å². The van der Waals surface area contributed by atoms with Crippen molar-refractivity contribution in [3.05, 3.63) is 32.7 Å². The van der Waals surface area contributed by atoms with Crippen LogP contribution in [0.25, 0.3) is 0 Å². The zero-order valence-corrected chi connectivity index (χ0v) is 13.6. The van der Waals surface area contributed by atoms with E-state index in [9.17, 15) is 0 Å². The summed E-state index contributed by atoms with van der Waals surface area (Å²) in [7, 11) is 0. The summed E-state index contributed by atoms with van der Waals surface area (Å²) in [5.41, 5.74) is 5.67. The molecule has 2 aromatic rings. The van der Waals surface area contributed by atoms with Crippen LogP contribution in [-0.4, -0.2) is 16.2 Å². The zero-order valence-electron chi connectivity index (χ0n) is 9.65. The van der Waals surface area contributed by atoms with Gasteiger partial charge in [-0.1, -0.05) is 35.0 Å². The summed E-state index contributed by atoms with van der Waals surface area (Å²) >= 11 is 16.7. The Bertz CT molecular complexity index is 627. The van der Waals surface area contributed by atoms with Crippen LogP contribution >= 0.6 is 50.9 Å². The highest BCUT2D eigenvalue weighted by atomic mass is 79.9. The van der Waals surface area contributed by atoms with Crippen LogP contribution in [0.2, 0.25) is 10.0 Å². The molecule has 0 radical (unpaired) electrons. The minimum absolute atomic E-state index is 0.317. The smallest absolute Gasteiger partial charge is 0.225 e. The zero-order chi connectivity index (χ0) is 14.0. The van der Waals surface area contributed by atoms with Crippen LogP contribution in [0.15, 0.2) is 27.8 Å². The lowest BCUT2D eigenvalue weighted by Crippen LogP contribution is -1.97. The molecule has 4 nitrogen and oxygen atoms in total. The number of nitrogens with zero attached hydrogens (tertiary/aromatic N) is 2. The highest BCUT2D eigenvalue weighted by Crippen LogP contribution is 2.36. The molecule has 0 saturated carbocycles. The van der Waals surface area contributed by atoms with Gasteiger partial charge >= 0.3 is 0 Å². The van der Waals surface area contributed by atoms with Crippen molar-refractivity contribution in [1.29, 1.82) is 0 Å². The van der Waals surface area contributed by atoms with Gasteiger partial charge in [-0.25, -0.2) is 4.98 Å². The van der Waals surface area contributed by atoms with Gasteiger partial charge in [-0.3, -0.25) is 0 Å². The molecule has 8 heteroatoms. The number of thioether (sulfide) groups is 1. The molecular weight excluding hydrogens is 373 g/mol. The molecule has 0 amide bonds. The van der Waals surface area contributed by atoms with Crippen molar-refractivity contribution in [2.24, 2.45) is 0 Å². The van der Waals surface area contributed by atoms with Crippen LogP contribution < -0.4 is 10.5 Å². The molecule has 0 fully saturated rings. The minimum atomic E-state index is 0.317. The normalized spacial score (nSPS) is 10.5. The molecule has 19 heavy (non-hydrogen) atoms. The molecule has 0 spiro atoms. The number of anilines is 1. The van der Waals surface area contributed by atoms with Crippen molar-refractivity contribution in [2.45, 2.75) is 5.16 Å². The number of aromatic nitrogens is 2. The van der Waals surface area contributed by atoms with E-state index in [1.807, 2.05) is 6.26 Å². The van der Waals surface area contributed by atoms with Gasteiger partial charge in [0.15, 0.2) is 5.16 Å². The number of halogens is 3. The maximum Gasteiger partial charge on any atom is 0.225 e. The number of nitrogen functional groups attached to an aromatic ring is 1. The second-order valence-corrected chi connectivity index (χ2v) is 5.86. The number of benzene rings is 1. The van der Waals surface area contributed by atoms with Crippen molar-refractivity contribution in [3.63, 3.8) is 0 Å². The summed E-state index contributed by atoms with van der Waals surface area (Å²) in [5.74, 6) is 1.05. The SMILES string of the molecule is CSc1nc(N)cc(Oc2cc(Cl)c(Br)cc2Cl)n1. The number of nitrogens with two attached hydrogens (primary N) is 1. The molecule has 0 unspecified atom stereocenters. The van der Waals surface area contributed by atoms with Crippen molar-refractivity contribution >= 4 is 56.7 Å². The van der Waals surface area contributed by atoms with E-state index in [1.54, 1.807) is 12.1 Å². The van der Waals surface area contributed by atoms with E-state index in [1.165, 1.54) is 17.8 Å². The van der Waals surface area contributed by atoms with Gasteiger partial charge < -0.3 is 10.5 Å². The third-order valence-electron chi connectivity index (χ3n) is 2.07. The average molecular weight is 381 g/mol. The van der Waals surface area contributed by atoms with Gasteiger partial charge in [-0.15, -0.1) is 0 Å². The van der Waals surface area contributed by atoms with Crippen LogP contribution in [0, 0.1) is 0 Å². The lowest BCUT2D eigenvalue weighted by molar-refractivity contribution is 0.456. The van der Waals surface area contributed by atoms with E-state index in [2.05, 4.69) is 25.9 Å². The van der Waals surface area contributed by atoms with Crippen LogP contribution in [-0.2, 0) is 0 Å². The van der Waals surface area contributed by atoms with Gasteiger partial charge in [0.1, 0.15) is 11.6 Å². The highest BCUT2D eigenvalue weighted by molar-refractivity contribution is 9.10. The van der Waals surface area contributed by atoms with Crippen molar-refractivity contribution < 1.29 is 4.74 Å². The summed E-state index contributed by atoms with van der Waals surface area (Å²) in [6.07, 6.45) is 1.85. The van der Waals surface area contributed by atoms with Gasteiger partial charge in [0, 0.05) is 16.6 Å². The number of hydrogen-bond donors (Lipinski definition) is 1. The quantitative estimate of drug-likeness (QED) is 0.477. The van der Waals surface area contributed by atoms with Gasteiger partial charge in [0.05, 0.1) is 10.0 Å². The molecule has 0 aliphatic heterocycles. The Hall–Kier alpha value is -0.690. The first kappa shape index (κ1) is 14.7. The summed E-state index contributed by atoms with van der Waals surface area (Å²) in [4.78, 5) is 8.21. The van der Waals surface area contributed by atoms with Crippen LogP contribution in [0.1, 0.15) is 0 Å². The summed E-state index contributed by atoms with van der Waals surface area (Å²) in [6.45, 7) is 0. The molecule has 0 bridgehead atoms. The Morgan fingerprint density at radius 2 is 1.95 bits per heavy atom. The van der Waals surface area contributed by atoms with Crippen molar-refractivity contribution in [1.82, 2.24) is 9.97 Å². The first-order valence-corrected chi connectivity index (χ1v) is 7.78. The van der Waals surface area contributed by atoms with Crippen molar-refractivity contribution in [3.8, 4) is 11.6 Å². The Kier molecular flexibility index (Phi) is 4.78. The van der Waals surface area contributed by atoms with E-state index < -0.39 is 0 Å². The largest absolute Gasteiger partial charge is 0.437 e. The second-order valence-electron chi connectivity index (χ2n) is 3.42. The van der Waals surface area contributed by atoms with E-state index in [0.717, 1.165) is 0 Å². The van der Waals surface area contributed by atoms with Gasteiger partial charge in [-0.05, 0) is 28.3 Å². The Balaban J connectivity index is 2.36. The van der Waals surface area contributed by atoms with E-state index >= 15 is 0 Å². The summed E-state index contributed by atoms with van der Waals surface area (Å²) in [5, 5.41) is 1.43. The fourth-order valence-corrected chi connectivity index (χ4v) is 2.47. The molecule has 2 N–H and O–H groups in total. The molecular formula is C11H8BrCl2N3OS. The van der Waals surface area contributed by atoms with Crippen LogP contribution in [0.5, 0.6) is 11.6 Å². The first-order chi connectivity index (χ1) is 8.99. The van der Waals surface area contributed by atoms with Gasteiger partial charge in [0.25, 0.3) is 0 Å². The Morgan fingerprint density at radius 1 is 1.21 bits per heavy atom.